The number of ether oxygens (including phenoxy) is 1. The number of rotatable bonds is 4. The Bertz CT molecular complexity index is 909. The van der Waals surface area contributed by atoms with Gasteiger partial charge in [-0.05, 0) is 55.5 Å². The van der Waals surface area contributed by atoms with E-state index >= 15 is 0 Å². The molecule has 1 fully saturated rings. The van der Waals surface area contributed by atoms with E-state index in [4.69, 9.17) is 17.0 Å². The van der Waals surface area contributed by atoms with Gasteiger partial charge in [0.25, 0.3) is 11.8 Å². The summed E-state index contributed by atoms with van der Waals surface area (Å²) in [6.07, 6.45) is 1.52. The van der Waals surface area contributed by atoms with Crippen molar-refractivity contribution < 1.29 is 14.3 Å². The number of hydrogen-bond donors (Lipinski definition) is 1. The SMILES string of the molecule is CCOc1ccccc1C=C1C(=O)NC(=S)N(c2ccc(Br)cc2)C1=O. The molecule has 1 aliphatic rings. The highest BCUT2D eigenvalue weighted by Gasteiger charge is 2.34. The lowest BCUT2D eigenvalue weighted by Gasteiger charge is -2.29. The summed E-state index contributed by atoms with van der Waals surface area (Å²) < 4.78 is 6.44. The lowest BCUT2D eigenvalue weighted by molar-refractivity contribution is -0.122. The molecule has 132 valence electrons. The fraction of sp³-hybridized carbons (Fsp3) is 0.105. The number of anilines is 1. The monoisotopic (exact) mass is 430 g/mol. The van der Waals surface area contributed by atoms with Crippen molar-refractivity contribution in [3.63, 3.8) is 0 Å². The van der Waals surface area contributed by atoms with Crippen molar-refractivity contribution in [3.05, 3.63) is 64.1 Å². The van der Waals surface area contributed by atoms with Crippen LogP contribution in [0.4, 0.5) is 5.69 Å². The highest BCUT2D eigenvalue weighted by Crippen LogP contribution is 2.26. The van der Waals surface area contributed by atoms with Gasteiger partial charge in [-0.3, -0.25) is 19.8 Å². The molecule has 5 nitrogen and oxygen atoms in total. The standard InChI is InChI=1S/C19H15BrN2O3S/c1-2-25-16-6-4-3-5-12(16)11-15-17(23)21-19(26)22(18(15)24)14-9-7-13(20)8-10-14/h3-11H,2H2,1H3,(H,21,23,26). The maximum Gasteiger partial charge on any atom is 0.270 e. The van der Waals surface area contributed by atoms with Crippen molar-refractivity contribution in [2.24, 2.45) is 0 Å². The molecule has 0 radical (unpaired) electrons. The van der Waals surface area contributed by atoms with E-state index in [2.05, 4.69) is 21.2 Å². The van der Waals surface area contributed by atoms with Crippen LogP contribution in [0.2, 0.25) is 0 Å². The largest absolute Gasteiger partial charge is 0.493 e. The summed E-state index contributed by atoms with van der Waals surface area (Å²) >= 11 is 8.55. The Kier molecular flexibility index (Phi) is 5.49. The molecule has 0 unspecified atom stereocenters. The lowest BCUT2D eigenvalue weighted by Crippen LogP contribution is -2.54. The molecule has 0 aliphatic carbocycles. The number of carbonyl (C=O) groups excluding carboxylic acids is 2. The number of halogens is 1. The first-order valence-corrected chi connectivity index (χ1v) is 9.10. The number of nitrogens with one attached hydrogen (secondary N) is 1. The predicted molar refractivity (Wildman–Crippen MR) is 108 cm³/mol. The number of thiocarbonyl (C=S) groups is 1. The Morgan fingerprint density at radius 2 is 1.85 bits per heavy atom. The molecule has 1 saturated heterocycles. The van der Waals surface area contributed by atoms with E-state index in [0.717, 1.165) is 4.47 Å². The second-order valence-corrected chi connectivity index (χ2v) is 6.71. The van der Waals surface area contributed by atoms with Crippen LogP contribution in [0.5, 0.6) is 5.75 Å². The third-order valence-electron chi connectivity index (χ3n) is 3.71. The Labute approximate surface area is 164 Å². The zero-order chi connectivity index (χ0) is 18.7. The number of carbonyl (C=O) groups is 2. The summed E-state index contributed by atoms with van der Waals surface area (Å²) in [6.45, 7) is 2.35. The van der Waals surface area contributed by atoms with E-state index in [1.807, 2.05) is 19.1 Å². The van der Waals surface area contributed by atoms with Crippen LogP contribution >= 0.6 is 28.1 Å². The molecule has 0 spiro atoms. The van der Waals surface area contributed by atoms with Gasteiger partial charge in [-0.15, -0.1) is 0 Å². The molecular formula is C19H15BrN2O3S. The van der Waals surface area contributed by atoms with Crippen molar-refractivity contribution in [3.8, 4) is 5.75 Å². The van der Waals surface area contributed by atoms with Crippen LogP contribution in [-0.2, 0) is 9.59 Å². The van der Waals surface area contributed by atoms with E-state index in [0.29, 0.717) is 23.6 Å². The number of benzene rings is 2. The summed E-state index contributed by atoms with van der Waals surface area (Å²) in [4.78, 5) is 26.6. The molecule has 7 heteroatoms. The minimum Gasteiger partial charge on any atom is -0.493 e. The normalized spacial score (nSPS) is 16.0. The van der Waals surface area contributed by atoms with Gasteiger partial charge >= 0.3 is 0 Å². The van der Waals surface area contributed by atoms with Crippen LogP contribution in [0.3, 0.4) is 0 Å². The van der Waals surface area contributed by atoms with Crippen LogP contribution in [-0.4, -0.2) is 23.5 Å². The van der Waals surface area contributed by atoms with Crippen LogP contribution in [0.1, 0.15) is 12.5 Å². The molecule has 0 atom stereocenters. The summed E-state index contributed by atoms with van der Waals surface area (Å²) in [6, 6.07) is 14.3. The molecule has 1 aliphatic heterocycles. The molecule has 26 heavy (non-hydrogen) atoms. The molecule has 2 aromatic carbocycles. The fourth-order valence-electron chi connectivity index (χ4n) is 2.52. The van der Waals surface area contributed by atoms with Gasteiger partial charge in [0.05, 0.1) is 12.3 Å². The molecule has 1 N–H and O–H groups in total. The zero-order valence-electron chi connectivity index (χ0n) is 13.9. The van der Waals surface area contributed by atoms with Gasteiger partial charge in [0, 0.05) is 10.0 Å². The number of hydrogen-bond acceptors (Lipinski definition) is 4. The first-order valence-electron chi connectivity index (χ1n) is 7.90. The average Bonchev–Trinajstić information content (AvgIpc) is 2.61. The van der Waals surface area contributed by atoms with Gasteiger partial charge in [-0.25, -0.2) is 0 Å². The van der Waals surface area contributed by atoms with Crippen molar-refractivity contribution in [1.82, 2.24) is 5.32 Å². The second-order valence-electron chi connectivity index (χ2n) is 5.41. The summed E-state index contributed by atoms with van der Waals surface area (Å²) in [5.74, 6) is -0.404. The molecule has 0 aromatic heterocycles. The van der Waals surface area contributed by atoms with Gasteiger partial charge in [-0.2, -0.15) is 0 Å². The van der Waals surface area contributed by atoms with Gasteiger partial charge < -0.3 is 4.74 Å². The number of para-hydroxylation sites is 1. The average molecular weight is 431 g/mol. The summed E-state index contributed by atoms with van der Waals surface area (Å²) in [7, 11) is 0. The molecule has 2 aromatic rings. The van der Waals surface area contributed by atoms with Gasteiger partial charge in [-0.1, -0.05) is 34.1 Å². The van der Waals surface area contributed by atoms with Crippen molar-refractivity contribution in [2.75, 3.05) is 11.5 Å². The van der Waals surface area contributed by atoms with Crippen LogP contribution in [0.15, 0.2) is 58.6 Å². The van der Waals surface area contributed by atoms with Gasteiger partial charge in [0.15, 0.2) is 5.11 Å². The Morgan fingerprint density at radius 1 is 1.15 bits per heavy atom. The van der Waals surface area contributed by atoms with E-state index < -0.39 is 11.8 Å². The summed E-state index contributed by atoms with van der Waals surface area (Å²) in [5.41, 5.74) is 1.22. The first kappa shape index (κ1) is 18.3. The molecule has 1 heterocycles. The molecule has 0 bridgehead atoms. The fourth-order valence-corrected chi connectivity index (χ4v) is 3.07. The van der Waals surface area contributed by atoms with Crippen LogP contribution < -0.4 is 15.0 Å². The lowest BCUT2D eigenvalue weighted by atomic mass is 10.1. The van der Waals surface area contributed by atoms with E-state index in [-0.39, 0.29) is 10.7 Å². The molecular weight excluding hydrogens is 416 g/mol. The van der Waals surface area contributed by atoms with E-state index in [1.165, 1.54) is 11.0 Å². The topological polar surface area (TPSA) is 58.6 Å². The Balaban J connectivity index is 2.02. The molecule has 2 amide bonds. The maximum absolute atomic E-state index is 13.0. The Hall–Kier alpha value is -2.51. The van der Waals surface area contributed by atoms with Crippen molar-refractivity contribution >= 4 is 56.8 Å². The highest BCUT2D eigenvalue weighted by atomic mass is 79.9. The predicted octanol–water partition coefficient (Wildman–Crippen LogP) is 3.68. The van der Waals surface area contributed by atoms with Crippen molar-refractivity contribution in [2.45, 2.75) is 6.92 Å². The Morgan fingerprint density at radius 3 is 2.54 bits per heavy atom. The second kappa shape index (κ2) is 7.80. The summed E-state index contributed by atoms with van der Waals surface area (Å²) in [5, 5.41) is 2.62. The van der Waals surface area contributed by atoms with Gasteiger partial charge in [0.2, 0.25) is 0 Å². The minimum atomic E-state index is -0.528. The van der Waals surface area contributed by atoms with Gasteiger partial charge in [0.1, 0.15) is 11.3 Å². The number of amides is 2. The molecule has 3 rings (SSSR count). The highest BCUT2D eigenvalue weighted by molar-refractivity contribution is 9.10. The van der Waals surface area contributed by atoms with E-state index in [1.54, 1.807) is 36.4 Å². The number of nitrogens with zero attached hydrogens (tertiary/aromatic N) is 1. The maximum atomic E-state index is 13.0. The van der Waals surface area contributed by atoms with E-state index in [9.17, 15) is 9.59 Å². The quantitative estimate of drug-likeness (QED) is 0.456. The molecule has 0 saturated carbocycles. The smallest absolute Gasteiger partial charge is 0.270 e. The minimum absolute atomic E-state index is 0.00586. The third-order valence-corrected chi connectivity index (χ3v) is 4.52. The first-order chi connectivity index (χ1) is 12.5. The third kappa shape index (κ3) is 3.68. The van der Waals surface area contributed by atoms with Crippen molar-refractivity contribution in [1.29, 1.82) is 0 Å². The van der Waals surface area contributed by atoms with Crippen LogP contribution in [0.25, 0.3) is 6.08 Å². The zero-order valence-corrected chi connectivity index (χ0v) is 16.3. The van der Waals surface area contributed by atoms with Crippen LogP contribution in [0, 0.1) is 0 Å².